The third kappa shape index (κ3) is 6.29. The fourth-order valence-electron chi connectivity index (χ4n) is 3.80. The van der Waals surface area contributed by atoms with E-state index in [0.717, 1.165) is 25.3 Å². The Morgan fingerprint density at radius 1 is 1.03 bits per heavy atom. The molecular weight excluding hydrogens is 415 g/mol. The second-order valence-electron chi connectivity index (χ2n) is 7.88. The van der Waals surface area contributed by atoms with Crippen LogP contribution >= 0.6 is 0 Å². The molecule has 2 aromatic rings. The zero-order valence-electron chi connectivity index (χ0n) is 18.2. The number of nitrogens with one attached hydrogen (secondary N) is 1. The Bertz CT molecular complexity index is 953. The third-order valence-electron chi connectivity index (χ3n) is 5.38. The Morgan fingerprint density at radius 3 is 2.38 bits per heavy atom. The van der Waals surface area contributed by atoms with E-state index in [-0.39, 0.29) is 35.8 Å². The summed E-state index contributed by atoms with van der Waals surface area (Å²) in [5.41, 5.74) is 0.510. The molecule has 0 unspecified atom stereocenters. The molecule has 1 N–H and O–H groups in total. The lowest BCUT2D eigenvalue weighted by Crippen LogP contribution is -2.49. The van der Waals surface area contributed by atoms with Crippen LogP contribution in [0.15, 0.2) is 48.5 Å². The molecule has 0 radical (unpaired) electrons. The smallest absolute Gasteiger partial charge is 0.338 e. The Kier molecular flexibility index (Phi) is 7.81. The molecule has 2 atom stereocenters. The van der Waals surface area contributed by atoms with E-state index >= 15 is 0 Å². The fourth-order valence-corrected chi connectivity index (χ4v) is 3.80. The van der Waals surface area contributed by atoms with Crippen LogP contribution in [0.5, 0.6) is 5.75 Å². The molecule has 0 bridgehead atoms. The van der Waals surface area contributed by atoms with Crippen molar-refractivity contribution < 1.29 is 28.2 Å². The first-order chi connectivity index (χ1) is 15.3. The van der Waals surface area contributed by atoms with Crippen LogP contribution in [-0.2, 0) is 14.3 Å². The molecule has 170 valence electrons. The molecule has 1 heterocycles. The highest BCUT2D eigenvalue weighted by atomic mass is 19.1. The lowest BCUT2D eigenvalue weighted by atomic mass is 9.97. The van der Waals surface area contributed by atoms with Crippen LogP contribution in [0.4, 0.5) is 10.1 Å². The number of rotatable bonds is 7. The van der Waals surface area contributed by atoms with Crippen LogP contribution in [0, 0.1) is 5.82 Å². The van der Waals surface area contributed by atoms with Gasteiger partial charge in [0.2, 0.25) is 0 Å². The SMILES string of the molecule is C[C@H]1CCC[C@H](C)N1C(=O)COc1ccc(C(=O)OCC(=O)Nc2cccc(F)c2)cc1. The summed E-state index contributed by atoms with van der Waals surface area (Å²) in [7, 11) is 0. The van der Waals surface area contributed by atoms with Gasteiger partial charge in [-0.05, 0) is 75.6 Å². The van der Waals surface area contributed by atoms with E-state index in [0.29, 0.717) is 5.75 Å². The minimum Gasteiger partial charge on any atom is -0.484 e. The fraction of sp³-hybridized carbons (Fsp3) is 0.375. The predicted molar refractivity (Wildman–Crippen MR) is 117 cm³/mol. The number of esters is 1. The first-order valence-electron chi connectivity index (χ1n) is 10.6. The van der Waals surface area contributed by atoms with Gasteiger partial charge < -0.3 is 19.7 Å². The first kappa shape index (κ1) is 23.2. The lowest BCUT2D eigenvalue weighted by Gasteiger charge is -2.38. The number of hydrogen-bond donors (Lipinski definition) is 1. The summed E-state index contributed by atoms with van der Waals surface area (Å²) in [6, 6.07) is 11.9. The van der Waals surface area contributed by atoms with Crippen LogP contribution < -0.4 is 10.1 Å². The van der Waals surface area contributed by atoms with Crippen molar-refractivity contribution in [1.82, 2.24) is 4.90 Å². The average Bonchev–Trinajstić information content (AvgIpc) is 2.76. The molecule has 0 saturated carbocycles. The number of amides is 2. The topological polar surface area (TPSA) is 84.9 Å². The van der Waals surface area contributed by atoms with Crippen LogP contribution in [0.1, 0.15) is 43.5 Å². The van der Waals surface area contributed by atoms with Crippen LogP contribution in [0.3, 0.4) is 0 Å². The lowest BCUT2D eigenvalue weighted by molar-refractivity contribution is -0.139. The Balaban J connectivity index is 1.45. The zero-order chi connectivity index (χ0) is 23.1. The molecule has 1 aliphatic heterocycles. The number of anilines is 1. The number of likely N-dealkylation sites (tertiary alicyclic amines) is 1. The number of piperidine rings is 1. The molecule has 1 saturated heterocycles. The summed E-state index contributed by atoms with van der Waals surface area (Å²) < 4.78 is 23.7. The summed E-state index contributed by atoms with van der Waals surface area (Å²) in [5.74, 6) is -1.35. The van der Waals surface area contributed by atoms with Gasteiger partial charge >= 0.3 is 5.97 Å². The Morgan fingerprint density at radius 2 is 1.72 bits per heavy atom. The highest BCUT2D eigenvalue weighted by Gasteiger charge is 2.29. The number of ether oxygens (including phenoxy) is 2. The van der Waals surface area contributed by atoms with Gasteiger partial charge in [-0.2, -0.15) is 0 Å². The molecule has 2 aromatic carbocycles. The van der Waals surface area contributed by atoms with Crippen molar-refractivity contribution in [3.8, 4) is 5.75 Å². The van der Waals surface area contributed by atoms with Crippen LogP contribution in [0.25, 0.3) is 0 Å². The van der Waals surface area contributed by atoms with E-state index in [1.165, 1.54) is 30.3 Å². The van der Waals surface area contributed by atoms with E-state index < -0.39 is 24.3 Å². The molecule has 8 heteroatoms. The highest BCUT2D eigenvalue weighted by molar-refractivity contribution is 5.95. The van der Waals surface area contributed by atoms with Crippen molar-refractivity contribution in [2.24, 2.45) is 0 Å². The monoisotopic (exact) mass is 442 g/mol. The molecule has 0 aliphatic carbocycles. The normalized spacial score (nSPS) is 18.0. The molecule has 7 nitrogen and oxygen atoms in total. The van der Waals surface area contributed by atoms with E-state index in [2.05, 4.69) is 5.32 Å². The number of nitrogens with zero attached hydrogens (tertiary/aromatic N) is 1. The van der Waals surface area contributed by atoms with Crippen LogP contribution in [-0.4, -0.2) is 48.0 Å². The van der Waals surface area contributed by atoms with Crippen molar-refractivity contribution in [1.29, 1.82) is 0 Å². The van der Waals surface area contributed by atoms with E-state index in [1.54, 1.807) is 12.1 Å². The molecule has 2 amide bonds. The van der Waals surface area contributed by atoms with Crippen molar-refractivity contribution >= 4 is 23.5 Å². The molecule has 1 fully saturated rings. The second-order valence-corrected chi connectivity index (χ2v) is 7.88. The summed E-state index contributed by atoms with van der Waals surface area (Å²) >= 11 is 0. The first-order valence-corrected chi connectivity index (χ1v) is 10.6. The maximum Gasteiger partial charge on any atom is 0.338 e. The van der Waals surface area contributed by atoms with Gasteiger partial charge in [0.05, 0.1) is 5.56 Å². The minimum atomic E-state index is -0.682. The van der Waals surface area contributed by atoms with E-state index in [1.807, 2.05) is 18.7 Å². The zero-order valence-corrected chi connectivity index (χ0v) is 18.2. The largest absolute Gasteiger partial charge is 0.484 e. The number of carbonyl (C=O) groups is 3. The van der Waals surface area contributed by atoms with Gasteiger partial charge in [-0.15, -0.1) is 0 Å². The van der Waals surface area contributed by atoms with Crippen molar-refractivity contribution in [2.75, 3.05) is 18.5 Å². The van der Waals surface area contributed by atoms with Gasteiger partial charge in [0.1, 0.15) is 11.6 Å². The summed E-state index contributed by atoms with van der Waals surface area (Å²) in [4.78, 5) is 38.4. The molecule has 0 spiro atoms. The van der Waals surface area contributed by atoms with Gasteiger partial charge in [0.25, 0.3) is 11.8 Å². The highest BCUT2D eigenvalue weighted by Crippen LogP contribution is 2.23. The predicted octanol–water partition coefficient (Wildman–Crippen LogP) is 3.79. The van der Waals surface area contributed by atoms with Crippen molar-refractivity contribution in [2.45, 2.75) is 45.2 Å². The maximum absolute atomic E-state index is 13.1. The van der Waals surface area contributed by atoms with Crippen molar-refractivity contribution in [3.63, 3.8) is 0 Å². The maximum atomic E-state index is 13.1. The summed E-state index contributed by atoms with van der Waals surface area (Å²) in [6.45, 7) is 3.52. The Hall–Kier alpha value is -3.42. The summed E-state index contributed by atoms with van der Waals surface area (Å²) in [5, 5.41) is 2.45. The van der Waals surface area contributed by atoms with Crippen LogP contribution in [0.2, 0.25) is 0 Å². The van der Waals surface area contributed by atoms with Gasteiger partial charge in [-0.1, -0.05) is 6.07 Å². The van der Waals surface area contributed by atoms with Gasteiger partial charge in [0, 0.05) is 17.8 Å². The number of halogens is 1. The van der Waals surface area contributed by atoms with Gasteiger partial charge in [0.15, 0.2) is 13.2 Å². The van der Waals surface area contributed by atoms with E-state index in [9.17, 15) is 18.8 Å². The van der Waals surface area contributed by atoms with Gasteiger partial charge in [-0.25, -0.2) is 9.18 Å². The third-order valence-corrected chi connectivity index (χ3v) is 5.38. The molecule has 32 heavy (non-hydrogen) atoms. The molecule has 1 aliphatic rings. The standard InChI is InChI=1S/C24H27FN2O5/c1-16-5-3-6-17(2)27(16)23(29)15-31-21-11-9-18(10-12-21)24(30)32-14-22(28)26-20-8-4-7-19(25)13-20/h4,7-13,16-17H,3,5-6,14-15H2,1-2H3,(H,26,28)/t16-,17-/m0/s1. The number of benzene rings is 2. The van der Waals surface area contributed by atoms with E-state index in [4.69, 9.17) is 9.47 Å². The van der Waals surface area contributed by atoms with Gasteiger partial charge in [-0.3, -0.25) is 9.59 Å². The molecule has 0 aromatic heterocycles. The number of carbonyl (C=O) groups excluding carboxylic acids is 3. The molecule has 3 rings (SSSR count). The minimum absolute atomic E-state index is 0.0579. The van der Waals surface area contributed by atoms with Crippen molar-refractivity contribution in [3.05, 3.63) is 59.9 Å². The molecular formula is C24H27FN2O5. The summed E-state index contributed by atoms with van der Waals surface area (Å²) in [6.07, 6.45) is 3.11. The Labute approximate surface area is 186 Å². The number of hydrogen-bond acceptors (Lipinski definition) is 5. The quantitative estimate of drug-likeness (QED) is 0.660. The average molecular weight is 442 g/mol. The second kappa shape index (κ2) is 10.7.